The van der Waals surface area contributed by atoms with Gasteiger partial charge in [0, 0.05) is 17.8 Å². The highest BCUT2D eigenvalue weighted by molar-refractivity contribution is 7.80. The van der Waals surface area contributed by atoms with Crippen molar-refractivity contribution in [2.45, 2.75) is 46.0 Å². The molecule has 20 heavy (non-hydrogen) atoms. The number of aryl methyl sites for hydroxylation is 1. The maximum Gasteiger partial charge on any atom is 0.106 e. The second-order valence-corrected chi connectivity index (χ2v) is 6.53. The lowest BCUT2D eigenvalue weighted by molar-refractivity contribution is 0.278. The quantitative estimate of drug-likeness (QED) is 0.796. The Morgan fingerprint density at radius 1 is 1.25 bits per heavy atom. The van der Waals surface area contributed by atoms with E-state index >= 15 is 0 Å². The van der Waals surface area contributed by atoms with E-state index in [0.717, 1.165) is 29.6 Å². The summed E-state index contributed by atoms with van der Waals surface area (Å²) in [7, 11) is 0. The van der Waals surface area contributed by atoms with Crippen molar-refractivity contribution in [3.63, 3.8) is 0 Å². The molecule has 3 heteroatoms. The standard InChI is InChI=1S/C17H26N2S/c1-3-13-5-7-14(8-6-13)11-19-16-9-4-12(2)10-15(16)17(18)20/h4,9-10,13-14,19H,3,5-8,11H2,1-2H3,(H2,18,20). The monoisotopic (exact) mass is 290 g/mol. The normalized spacial score (nSPS) is 22.5. The minimum atomic E-state index is 0.478. The molecule has 1 aromatic rings. The fourth-order valence-electron chi connectivity index (χ4n) is 3.11. The fourth-order valence-corrected chi connectivity index (χ4v) is 3.28. The summed E-state index contributed by atoms with van der Waals surface area (Å²) < 4.78 is 0. The Bertz CT molecular complexity index is 462. The first-order valence-corrected chi connectivity index (χ1v) is 8.15. The Morgan fingerprint density at radius 2 is 1.90 bits per heavy atom. The summed E-state index contributed by atoms with van der Waals surface area (Å²) >= 11 is 5.15. The van der Waals surface area contributed by atoms with Gasteiger partial charge in [-0.2, -0.15) is 0 Å². The molecule has 1 saturated carbocycles. The van der Waals surface area contributed by atoms with Crippen molar-refractivity contribution in [2.24, 2.45) is 17.6 Å². The van der Waals surface area contributed by atoms with Gasteiger partial charge in [-0.3, -0.25) is 0 Å². The predicted molar refractivity (Wildman–Crippen MR) is 91.3 cm³/mol. The molecule has 110 valence electrons. The van der Waals surface area contributed by atoms with Crippen molar-refractivity contribution >= 4 is 22.9 Å². The summed E-state index contributed by atoms with van der Waals surface area (Å²) in [6, 6.07) is 6.28. The lowest BCUT2D eigenvalue weighted by atomic mass is 9.81. The fraction of sp³-hybridized carbons (Fsp3) is 0.588. The van der Waals surface area contributed by atoms with Crippen molar-refractivity contribution in [1.29, 1.82) is 0 Å². The molecule has 1 fully saturated rings. The van der Waals surface area contributed by atoms with Gasteiger partial charge in [0.25, 0.3) is 0 Å². The molecule has 0 aromatic heterocycles. The Hall–Kier alpha value is -1.09. The third kappa shape index (κ3) is 3.95. The van der Waals surface area contributed by atoms with E-state index in [1.54, 1.807) is 0 Å². The highest BCUT2D eigenvalue weighted by atomic mass is 32.1. The SMILES string of the molecule is CCC1CCC(CNc2ccc(C)cc2C(N)=S)CC1. The smallest absolute Gasteiger partial charge is 0.106 e. The Kier molecular flexibility index (Phi) is 5.41. The van der Waals surface area contributed by atoms with E-state index in [9.17, 15) is 0 Å². The average Bonchev–Trinajstić information content (AvgIpc) is 2.46. The molecule has 0 unspecified atom stereocenters. The van der Waals surface area contributed by atoms with Crippen LogP contribution in [0.25, 0.3) is 0 Å². The van der Waals surface area contributed by atoms with Crippen LogP contribution in [0.2, 0.25) is 0 Å². The molecule has 0 spiro atoms. The van der Waals surface area contributed by atoms with Crippen LogP contribution < -0.4 is 11.1 Å². The maximum absolute atomic E-state index is 5.82. The molecule has 1 aliphatic carbocycles. The van der Waals surface area contributed by atoms with E-state index in [0.29, 0.717) is 4.99 Å². The zero-order valence-electron chi connectivity index (χ0n) is 12.6. The number of benzene rings is 1. The van der Waals surface area contributed by atoms with Crippen LogP contribution in [0.15, 0.2) is 18.2 Å². The lowest BCUT2D eigenvalue weighted by Gasteiger charge is -2.28. The van der Waals surface area contributed by atoms with Gasteiger partial charge in [0.1, 0.15) is 4.99 Å². The maximum atomic E-state index is 5.82. The number of hydrogen-bond donors (Lipinski definition) is 2. The molecule has 2 rings (SSSR count). The Labute approximate surface area is 128 Å². The van der Waals surface area contributed by atoms with Gasteiger partial charge in [0.15, 0.2) is 0 Å². The highest BCUT2D eigenvalue weighted by Crippen LogP contribution is 2.31. The Balaban J connectivity index is 1.93. The molecule has 0 bridgehead atoms. The average molecular weight is 290 g/mol. The van der Waals surface area contributed by atoms with Crippen LogP contribution in [-0.2, 0) is 0 Å². The van der Waals surface area contributed by atoms with E-state index in [1.807, 2.05) is 0 Å². The van der Waals surface area contributed by atoms with Gasteiger partial charge in [-0.25, -0.2) is 0 Å². The number of nitrogens with one attached hydrogen (secondary N) is 1. The van der Waals surface area contributed by atoms with Crippen LogP contribution in [0.1, 0.15) is 50.2 Å². The van der Waals surface area contributed by atoms with E-state index in [2.05, 4.69) is 37.4 Å². The molecule has 3 N–H and O–H groups in total. The van der Waals surface area contributed by atoms with E-state index in [1.165, 1.54) is 37.7 Å². The molecule has 1 aromatic carbocycles. The first kappa shape index (κ1) is 15.3. The van der Waals surface area contributed by atoms with E-state index < -0.39 is 0 Å². The summed E-state index contributed by atoms with van der Waals surface area (Å²) in [5.41, 5.74) is 9.07. The van der Waals surface area contributed by atoms with Gasteiger partial charge in [-0.1, -0.05) is 50.0 Å². The van der Waals surface area contributed by atoms with Gasteiger partial charge in [0.2, 0.25) is 0 Å². The largest absolute Gasteiger partial charge is 0.389 e. The molecular weight excluding hydrogens is 264 g/mol. The molecule has 2 nitrogen and oxygen atoms in total. The Morgan fingerprint density at radius 3 is 2.50 bits per heavy atom. The highest BCUT2D eigenvalue weighted by Gasteiger charge is 2.20. The van der Waals surface area contributed by atoms with Gasteiger partial charge >= 0.3 is 0 Å². The molecular formula is C17H26N2S. The second-order valence-electron chi connectivity index (χ2n) is 6.09. The minimum absolute atomic E-state index is 0.478. The van der Waals surface area contributed by atoms with Gasteiger partial charge in [0.05, 0.1) is 0 Å². The molecule has 1 aliphatic rings. The van der Waals surface area contributed by atoms with E-state index in [-0.39, 0.29) is 0 Å². The lowest BCUT2D eigenvalue weighted by Crippen LogP contribution is -2.22. The first-order chi connectivity index (χ1) is 9.60. The number of hydrogen-bond acceptors (Lipinski definition) is 2. The summed E-state index contributed by atoms with van der Waals surface area (Å²) in [4.78, 5) is 0.478. The van der Waals surface area contributed by atoms with Crippen LogP contribution in [0.4, 0.5) is 5.69 Å². The predicted octanol–water partition coefficient (Wildman–Crippen LogP) is 4.26. The van der Waals surface area contributed by atoms with Crippen molar-refractivity contribution in [3.05, 3.63) is 29.3 Å². The summed E-state index contributed by atoms with van der Waals surface area (Å²) in [5, 5.41) is 3.56. The van der Waals surface area contributed by atoms with Crippen molar-refractivity contribution in [2.75, 3.05) is 11.9 Å². The first-order valence-electron chi connectivity index (χ1n) is 7.74. The third-order valence-corrected chi connectivity index (χ3v) is 4.79. The number of thiocarbonyl (C=S) groups is 1. The third-order valence-electron chi connectivity index (χ3n) is 4.57. The zero-order chi connectivity index (χ0) is 14.5. The van der Waals surface area contributed by atoms with Gasteiger partial charge < -0.3 is 11.1 Å². The molecule has 0 saturated heterocycles. The van der Waals surface area contributed by atoms with Gasteiger partial charge in [-0.15, -0.1) is 0 Å². The molecule has 0 amide bonds. The van der Waals surface area contributed by atoms with Crippen molar-refractivity contribution < 1.29 is 0 Å². The van der Waals surface area contributed by atoms with Gasteiger partial charge in [-0.05, 0) is 43.7 Å². The molecule has 0 atom stereocenters. The molecule has 0 radical (unpaired) electrons. The van der Waals surface area contributed by atoms with Crippen LogP contribution in [-0.4, -0.2) is 11.5 Å². The number of nitrogens with two attached hydrogens (primary N) is 1. The topological polar surface area (TPSA) is 38.0 Å². The van der Waals surface area contributed by atoms with Crippen LogP contribution in [0, 0.1) is 18.8 Å². The van der Waals surface area contributed by atoms with E-state index in [4.69, 9.17) is 18.0 Å². The van der Waals surface area contributed by atoms with Crippen molar-refractivity contribution in [3.8, 4) is 0 Å². The summed E-state index contributed by atoms with van der Waals surface area (Å²) in [6.45, 7) is 5.41. The van der Waals surface area contributed by atoms with Crippen LogP contribution in [0.3, 0.4) is 0 Å². The second kappa shape index (κ2) is 7.07. The summed E-state index contributed by atoms with van der Waals surface area (Å²) in [5.74, 6) is 1.75. The number of rotatable bonds is 5. The van der Waals surface area contributed by atoms with Crippen LogP contribution in [0.5, 0.6) is 0 Å². The summed E-state index contributed by atoms with van der Waals surface area (Å²) in [6.07, 6.45) is 6.81. The van der Waals surface area contributed by atoms with Crippen molar-refractivity contribution in [1.82, 2.24) is 0 Å². The number of anilines is 1. The molecule has 0 heterocycles. The molecule has 0 aliphatic heterocycles. The van der Waals surface area contributed by atoms with Crippen LogP contribution >= 0.6 is 12.2 Å². The minimum Gasteiger partial charge on any atom is -0.389 e. The zero-order valence-corrected chi connectivity index (χ0v) is 13.4.